The van der Waals surface area contributed by atoms with Crippen molar-refractivity contribution in [1.29, 1.82) is 0 Å². The Morgan fingerprint density at radius 1 is 1.08 bits per heavy atom. The van der Waals surface area contributed by atoms with Crippen molar-refractivity contribution in [3.05, 3.63) is 71.8 Å². The Balaban J connectivity index is 1.53. The Morgan fingerprint density at radius 2 is 1.92 bits per heavy atom. The zero-order valence-electron chi connectivity index (χ0n) is 13.1. The predicted octanol–water partition coefficient (Wildman–Crippen LogP) is 2.63. The first kappa shape index (κ1) is 14.8. The third kappa shape index (κ3) is 3.00. The summed E-state index contributed by atoms with van der Waals surface area (Å²) < 4.78 is 13.8. The van der Waals surface area contributed by atoms with Crippen LogP contribution in [0.2, 0.25) is 0 Å². The molecule has 2 aromatic heterocycles. The van der Waals surface area contributed by atoms with Gasteiger partial charge in [-0.15, -0.1) is 0 Å². The van der Waals surface area contributed by atoms with Gasteiger partial charge in [-0.1, -0.05) is 18.2 Å². The maximum Gasteiger partial charge on any atom is 0.162 e. The first-order valence-electron chi connectivity index (χ1n) is 7.85. The third-order valence-corrected chi connectivity index (χ3v) is 4.18. The fraction of sp³-hybridized carbons (Fsp3) is 0.222. The highest BCUT2D eigenvalue weighted by molar-refractivity contribution is 5.52. The molecule has 24 heavy (non-hydrogen) atoms. The van der Waals surface area contributed by atoms with Gasteiger partial charge in [0.15, 0.2) is 5.82 Å². The summed E-state index contributed by atoms with van der Waals surface area (Å²) in [5, 5.41) is 0. The van der Waals surface area contributed by atoms with Crippen LogP contribution in [0.15, 0.2) is 49.2 Å². The van der Waals surface area contributed by atoms with Gasteiger partial charge in [0, 0.05) is 55.8 Å². The van der Waals surface area contributed by atoms with E-state index in [0.717, 1.165) is 41.9 Å². The molecule has 120 valence electrons. The van der Waals surface area contributed by atoms with Gasteiger partial charge in [-0.05, 0) is 6.07 Å². The first-order chi connectivity index (χ1) is 11.8. The standard InChI is InChI=1S/C18H16FN5/c19-16-4-2-1-3-13(16)10-24-6-5-17-15(11-24)9-22-18(23-17)14-7-20-12-21-8-14/h1-4,7-9,12H,5-6,10-11H2. The predicted molar refractivity (Wildman–Crippen MR) is 87.3 cm³/mol. The van der Waals surface area contributed by atoms with E-state index >= 15 is 0 Å². The van der Waals surface area contributed by atoms with E-state index in [9.17, 15) is 4.39 Å². The number of fused-ring (bicyclic) bond motifs is 1. The molecule has 3 heterocycles. The molecule has 0 fully saturated rings. The van der Waals surface area contributed by atoms with Gasteiger partial charge in [0.1, 0.15) is 12.1 Å². The van der Waals surface area contributed by atoms with Gasteiger partial charge >= 0.3 is 0 Å². The topological polar surface area (TPSA) is 54.8 Å². The zero-order valence-corrected chi connectivity index (χ0v) is 13.1. The second-order valence-corrected chi connectivity index (χ2v) is 5.84. The third-order valence-electron chi connectivity index (χ3n) is 4.18. The highest BCUT2D eigenvalue weighted by atomic mass is 19.1. The van der Waals surface area contributed by atoms with Crippen molar-refractivity contribution in [3.63, 3.8) is 0 Å². The fourth-order valence-corrected chi connectivity index (χ4v) is 2.93. The number of hydrogen-bond donors (Lipinski definition) is 0. The van der Waals surface area contributed by atoms with Crippen molar-refractivity contribution in [2.75, 3.05) is 6.54 Å². The molecule has 6 heteroatoms. The lowest BCUT2D eigenvalue weighted by molar-refractivity contribution is 0.239. The molecule has 1 aliphatic heterocycles. The smallest absolute Gasteiger partial charge is 0.162 e. The fourth-order valence-electron chi connectivity index (χ4n) is 2.93. The minimum absolute atomic E-state index is 0.154. The van der Waals surface area contributed by atoms with Gasteiger partial charge in [-0.25, -0.2) is 24.3 Å². The molecule has 5 nitrogen and oxygen atoms in total. The first-order valence-corrected chi connectivity index (χ1v) is 7.85. The number of hydrogen-bond acceptors (Lipinski definition) is 5. The molecule has 4 rings (SSSR count). The van der Waals surface area contributed by atoms with Crippen molar-refractivity contribution >= 4 is 0 Å². The molecule has 0 amide bonds. The van der Waals surface area contributed by atoms with Crippen LogP contribution in [-0.4, -0.2) is 31.4 Å². The van der Waals surface area contributed by atoms with Crippen LogP contribution < -0.4 is 0 Å². The van der Waals surface area contributed by atoms with Crippen LogP contribution >= 0.6 is 0 Å². The van der Waals surface area contributed by atoms with Crippen LogP contribution in [-0.2, 0) is 19.5 Å². The van der Waals surface area contributed by atoms with Gasteiger partial charge in [0.05, 0.1) is 11.3 Å². The number of nitrogens with zero attached hydrogens (tertiary/aromatic N) is 5. The lowest BCUT2D eigenvalue weighted by Crippen LogP contribution is -2.31. The van der Waals surface area contributed by atoms with Crippen molar-refractivity contribution in [1.82, 2.24) is 24.8 Å². The van der Waals surface area contributed by atoms with Crippen molar-refractivity contribution in [2.24, 2.45) is 0 Å². The largest absolute Gasteiger partial charge is 0.294 e. The van der Waals surface area contributed by atoms with E-state index in [1.807, 2.05) is 18.3 Å². The quantitative estimate of drug-likeness (QED) is 0.742. The maximum atomic E-state index is 13.8. The van der Waals surface area contributed by atoms with Crippen LogP contribution in [0, 0.1) is 5.82 Å². The van der Waals surface area contributed by atoms with Gasteiger partial charge in [-0.3, -0.25) is 4.90 Å². The summed E-state index contributed by atoms with van der Waals surface area (Å²) in [7, 11) is 0. The van der Waals surface area contributed by atoms with E-state index < -0.39 is 0 Å². The Bertz CT molecular complexity index is 853. The Labute approximate surface area is 139 Å². The second kappa shape index (κ2) is 6.41. The summed E-state index contributed by atoms with van der Waals surface area (Å²) in [5.41, 5.74) is 3.68. The van der Waals surface area contributed by atoms with Crippen LogP contribution in [0.3, 0.4) is 0 Å². The highest BCUT2D eigenvalue weighted by Gasteiger charge is 2.19. The lowest BCUT2D eigenvalue weighted by Gasteiger charge is -2.28. The van der Waals surface area contributed by atoms with Crippen LogP contribution in [0.25, 0.3) is 11.4 Å². The SMILES string of the molecule is Fc1ccccc1CN1CCc2nc(-c3cncnc3)ncc2C1. The minimum Gasteiger partial charge on any atom is -0.294 e. The normalized spacial score (nSPS) is 14.4. The molecular formula is C18H16FN5. The molecule has 0 aliphatic carbocycles. The molecule has 3 aromatic rings. The number of halogens is 1. The maximum absolute atomic E-state index is 13.8. The van der Waals surface area contributed by atoms with E-state index in [2.05, 4.69) is 24.8 Å². The molecular weight excluding hydrogens is 305 g/mol. The molecule has 0 unspecified atom stereocenters. The van der Waals surface area contributed by atoms with Crippen molar-refractivity contribution in [2.45, 2.75) is 19.5 Å². The van der Waals surface area contributed by atoms with E-state index in [1.165, 1.54) is 12.4 Å². The second-order valence-electron chi connectivity index (χ2n) is 5.84. The van der Waals surface area contributed by atoms with Gasteiger partial charge in [0.25, 0.3) is 0 Å². The zero-order chi connectivity index (χ0) is 16.4. The molecule has 0 saturated heterocycles. The van der Waals surface area contributed by atoms with Gasteiger partial charge in [0.2, 0.25) is 0 Å². The summed E-state index contributed by atoms with van der Waals surface area (Å²) in [6, 6.07) is 6.92. The van der Waals surface area contributed by atoms with Crippen molar-refractivity contribution < 1.29 is 4.39 Å². The minimum atomic E-state index is -0.154. The molecule has 0 N–H and O–H groups in total. The average molecular weight is 321 g/mol. The van der Waals surface area contributed by atoms with Crippen LogP contribution in [0.1, 0.15) is 16.8 Å². The van der Waals surface area contributed by atoms with Crippen molar-refractivity contribution in [3.8, 4) is 11.4 Å². The Kier molecular flexibility index (Phi) is 3.96. The number of rotatable bonds is 3. The molecule has 0 radical (unpaired) electrons. The summed E-state index contributed by atoms with van der Waals surface area (Å²) >= 11 is 0. The van der Waals surface area contributed by atoms with Gasteiger partial charge in [-0.2, -0.15) is 0 Å². The van der Waals surface area contributed by atoms with Crippen LogP contribution in [0.5, 0.6) is 0 Å². The molecule has 0 spiro atoms. The molecule has 1 aliphatic rings. The molecule has 0 saturated carbocycles. The number of benzene rings is 1. The summed E-state index contributed by atoms with van der Waals surface area (Å²) in [6.07, 6.45) is 7.59. The van der Waals surface area contributed by atoms with E-state index in [4.69, 9.17) is 0 Å². The lowest BCUT2D eigenvalue weighted by atomic mass is 10.1. The highest BCUT2D eigenvalue weighted by Crippen LogP contribution is 2.22. The van der Waals surface area contributed by atoms with Gasteiger partial charge < -0.3 is 0 Å². The van der Waals surface area contributed by atoms with E-state index in [1.54, 1.807) is 18.5 Å². The van der Waals surface area contributed by atoms with Crippen LogP contribution in [0.4, 0.5) is 4.39 Å². The number of aromatic nitrogens is 4. The monoisotopic (exact) mass is 321 g/mol. The summed E-state index contributed by atoms with van der Waals surface area (Å²) in [6.45, 7) is 2.18. The molecule has 1 aromatic carbocycles. The Morgan fingerprint density at radius 3 is 2.75 bits per heavy atom. The van der Waals surface area contributed by atoms with E-state index in [-0.39, 0.29) is 5.82 Å². The summed E-state index contributed by atoms with van der Waals surface area (Å²) in [5.74, 6) is 0.496. The molecule has 0 bridgehead atoms. The molecule has 0 atom stereocenters. The van der Waals surface area contributed by atoms with E-state index in [0.29, 0.717) is 12.4 Å². The summed E-state index contributed by atoms with van der Waals surface area (Å²) in [4.78, 5) is 19.3. The Hall–Kier alpha value is -2.73. The average Bonchev–Trinajstić information content (AvgIpc) is 2.64.